The van der Waals surface area contributed by atoms with E-state index in [-0.39, 0.29) is 22.1 Å². The van der Waals surface area contributed by atoms with Crippen molar-refractivity contribution in [3.05, 3.63) is 120 Å². The predicted molar refractivity (Wildman–Crippen MR) is 365 cm³/mol. The summed E-state index contributed by atoms with van der Waals surface area (Å²) in [4.78, 5) is 95.6. The highest BCUT2D eigenvalue weighted by molar-refractivity contribution is 7.21. The van der Waals surface area contributed by atoms with Crippen LogP contribution >= 0.6 is 126 Å². The first-order chi connectivity index (χ1) is 43.6. The van der Waals surface area contributed by atoms with E-state index in [1.807, 2.05) is 22.9 Å². The zero-order chi connectivity index (χ0) is 63.3. The van der Waals surface area contributed by atoms with Crippen molar-refractivity contribution in [2.45, 2.75) is 6.54 Å². The molecule has 0 amide bonds. The van der Waals surface area contributed by atoms with Crippen LogP contribution in [0.3, 0.4) is 0 Å². The summed E-state index contributed by atoms with van der Waals surface area (Å²) >= 11 is 38.3. The third-order valence-electron chi connectivity index (χ3n) is 13.7. The molecule has 35 heteroatoms. The number of H-pyrrole nitrogens is 2. The highest BCUT2D eigenvalue weighted by Gasteiger charge is 2.23. The highest BCUT2D eigenvalue weighted by atomic mass is 35.5. The van der Waals surface area contributed by atoms with E-state index in [1.54, 1.807) is 51.6 Å². The fourth-order valence-electron chi connectivity index (χ4n) is 9.27. The molecule has 0 radical (unpaired) electrons. The lowest BCUT2D eigenvalue weighted by molar-refractivity contribution is 0.0607. The molecule has 0 atom stereocenters. The molecule has 24 nitrogen and oxygen atoms in total. The molecule has 0 aliphatic carbocycles. The van der Waals surface area contributed by atoms with E-state index in [4.69, 9.17) is 77.9 Å². The lowest BCUT2D eigenvalue weighted by Crippen LogP contribution is -2.43. The Morgan fingerprint density at radius 1 is 0.578 bits per heavy atom. The van der Waals surface area contributed by atoms with E-state index in [0.717, 1.165) is 163 Å². The molecule has 15 rings (SSSR count). The van der Waals surface area contributed by atoms with Crippen molar-refractivity contribution in [2.24, 2.45) is 0 Å². The van der Waals surface area contributed by atoms with Crippen molar-refractivity contribution in [3.63, 3.8) is 0 Å². The topological polar surface area (TPSA) is 282 Å². The minimum absolute atomic E-state index is 0.195. The second-order valence-electron chi connectivity index (χ2n) is 19.6. The number of aromatic amines is 2. The number of anilines is 4. The Hall–Kier alpha value is -5.91. The van der Waals surface area contributed by atoms with Crippen LogP contribution in [0.25, 0.3) is 51.1 Å². The smallest absolute Gasteiger partial charge is 0.350 e. The summed E-state index contributed by atoms with van der Waals surface area (Å²) in [5.41, 5.74) is 9.15. The minimum atomic E-state index is -0.457. The Morgan fingerprint density at radius 3 is 1.60 bits per heavy atom. The lowest BCUT2D eigenvalue weighted by Gasteiger charge is -2.31. The number of morpholine rings is 3. The number of piperazine rings is 1. The molecule has 474 valence electrons. The molecule has 15 heterocycles. The van der Waals surface area contributed by atoms with Crippen molar-refractivity contribution in [3.8, 4) is 0 Å². The molecule has 4 aliphatic heterocycles. The Balaban J connectivity index is 0.000000122. The number of rotatable bonds is 7. The Labute approximate surface area is 562 Å². The van der Waals surface area contributed by atoms with E-state index in [9.17, 15) is 19.2 Å². The quantitative estimate of drug-likeness (QED) is 0.0578. The summed E-state index contributed by atoms with van der Waals surface area (Å²) in [6.07, 6.45) is 0.823. The van der Waals surface area contributed by atoms with E-state index in [1.165, 1.54) is 57.3 Å². The fourth-order valence-corrected chi connectivity index (χ4v) is 15.4. The van der Waals surface area contributed by atoms with Gasteiger partial charge in [-0.2, -0.15) is 15.0 Å². The fraction of sp³-hybridized carbons (Fsp3) is 0.345. The molecular formula is C55H55Cl5N16O8S6. The molecule has 11 aromatic rings. The first-order valence-corrected chi connectivity index (χ1v) is 34.5. The molecule has 4 aliphatic rings. The van der Waals surface area contributed by atoms with Crippen LogP contribution in [0.2, 0.25) is 26.3 Å². The van der Waals surface area contributed by atoms with Gasteiger partial charge in [0.05, 0.1) is 104 Å². The van der Waals surface area contributed by atoms with Gasteiger partial charge in [-0.3, -0.25) is 19.5 Å². The van der Waals surface area contributed by atoms with Crippen molar-refractivity contribution < 1.29 is 28.5 Å². The number of nitrogens with zero attached hydrogens (tertiary/aromatic N) is 13. The second kappa shape index (κ2) is 32.1. The molecule has 4 N–H and O–H groups in total. The van der Waals surface area contributed by atoms with Crippen LogP contribution in [0.4, 0.5) is 23.1 Å². The van der Waals surface area contributed by atoms with Gasteiger partial charge in [-0.15, -0.1) is 68.0 Å². The van der Waals surface area contributed by atoms with E-state index in [2.05, 4.69) is 92.2 Å². The number of carbonyl (C=O) groups excluding carboxylic acids is 2. The molecule has 0 bridgehead atoms. The number of aromatic nitrogens is 10. The summed E-state index contributed by atoms with van der Waals surface area (Å²) in [6, 6.07) is 11.1. The number of hydrogen-bond donors (Lipinski definition) is 3. The third-order valence-corrected chi connectivity index (χ3v) is 20.5. The molecule has 4 fully saturated rings. The largest absolute Gasteiger partial charge is 0.465 e. The van der Waals surface area contributed by atoms with Crippen LogP contribution in [-0.2, 0) is 25.5 Å². The van der Waals surface area contributed by atoms with Gasteiger partial charge in [0.25, 0.3) is 5.56 Å². The molecule has 0 spiro atoms. The summed E-state index contributed by atoms with van der Waals surface area (Å²) < 4.78 is 25.2. The van der Waals surface area contributed by atoms with Gasteiger partial charge in [0.1, 0.15) is 9.58 Å². The monoisotopic (exact) mass is 1430 g/mol. The maximum Gasteiger partial charge on any atom is 0.350 e. The van der Waals surface area contributed by atoms with E-state index in [0.29, 0.717) is 54.6 Å². The average Bonchev–Trinajstić information content (AvgIpc) is 1.81. The zero-order valence-electron chi connectivity index (χ0n) is 47.9. The Bertz CT molecular complexity index is 4350. The van der Waals surface area contributed by atoms with E-state index < -0.39 is 5.69 Å². The minimum Gasteiger partial charge on any atom is -0.465 e. The van der Waals surface area contributed by atoms with Crippen LogP contribution in [0.1, 0.15) is 24.2 Å². The van der Waals surface area contributed by atoms with Crippen LogP contribution in [0, 0.1) is 0 Å². The van der Waals surface area contributed by atoms with Gasteiger partial charge in [-0.05, 0) is 111 Å². The molecular weight excluding hydrogens is 1380 g/mol. The summed E-state index contributed by atoms with van der Waals surface area (Å²) in [6.45, 7) is 14.8. The molecule has 0 aromatic carbocycles. The Kier molecular flexibility index (Phi) is 23.9. The number of methoxy groups -OCH3 is 1. The van der Waals surface area contributed by atoms with Gasteiger partial charge in [-0.25, -0.2) is 34.5 Å². The number of thiophene rings is 6. The maximum atomic E-state index is 11.0. The number of likely N-dealkylation sites (N-methyl/N-ethyl adjacent to an activating group) is 1. The second-order valence-corrected chi connectivity index (χ2v) is 27.2. The van der Waals surface area contributed by atoms with Crippen molar-refractivity contribution in [1.82, 2.24) is 59.6 Å². The van der Waals surface area contributed by atoms with Gasteiger partial charge >= 0.3 is 11.7 Å². The van der Waals surface area contributed by atoms with Gasteiger partial charge in [-0.1, -0.05) is 11.6 Å². The number of nitrogens with two attached hydrogens (primary N) is 1. The SMILES string of the molecule is CN1CCN(Cc2cc3nc(Cl)nc(N4CCOCC4)c3s2)CC1.COC(=O)c1sccc1N.Clc1nc(Cl)c2sccc2n1.Clc1nc(N2CCOCC2)c2sccc2n1.O=Cc1cc2nc(Cl)nc(N3CCOCC3)c2s1.O=c1[nH]c(=O)c2sccc2[nH]1. The van der Waals surface area contributed by atoms with Crippen LogP contribution in [0.15, 0.2) is 67.5 Å². The lowest BCUT2D eigenvalue weighted by atomic mass is 10.3. The first kappa shape index (κ1) is 67.0. The van der Waals surface area contributed by atoms with Crippen molar-refractivity contribution >= 4 is 213 Å². The van der Waals surface area contributed by atoms with Gasteiger partial charge in [0.2, 0.25) is 21.1 Å². The number of hydrogen-bond acceptors (Lipinski definition) is 28. The summed E-state index contributed by atoms with van der Waals surface area (Å²) in [5.74, 6) is 2.33. The Morgan fingerprint density at radius 2 is 1.06 bits per heavy atom. The van der Waals surface area contributed by atoms with Gasteiger partial charge in [0, 0.05) is 76.9 Å². The number of carbonyl (C=O) groups is 2. The van der Waals surface area contributed by atoms with Crippen molar-refractivity contribution in [1.29, 1.82) is 0 Å². The third kappa shape index (κ3) is 17.4. The number of nitrogens with one attached hydrogen (secondary N) is 2. The molecule has 90 heavy (non-hydrogen) atoms. The molecule has 11 aromatic heterocycles. The normalized spacial score (nSPS) is 15.4. The molecule has 0 unspecified atom stereocenters. The number of fused-ring (bicyclic) bond motifs is 5. The van der Waals surface area contributed by atoms with Crippen LogP contribution in [-0.4, -0.2) is 191 Å². The van der Waals surface area contributed by atoms with Gasteiger partial charge < -0.3 is 49.3 Å². The predicted octanol–water partition coefficient (Wildman–Crippen LogP) is 10.5. The standard InChI is InChI=1S/C16H22ClN5OS.C11H10ClN3O2S.C10H10ClN3OS.C6H2Cl2N2S.C6H4N2O2S.C6H7NO2S/c1-20-2-4-21(5-3-20)11-12-10-13-14(24-12)15(19-16(17)18-13)22-6-8-23-9-7-22;12-11-13-8-5-7(6-16)18-9(8)10(14-11)15-1-3-17-4-2-15;11-10-12-7-1-6-16-8(7)9(13-10)14-2-4-15-5-3-14;7-5-4-3(1-2-11-4)9-6(8)10-5;9-5-4-3(1-2-11-4)7-6(10)8-5;1-9-6(8)5-4(7)2-3-10-5/h10H,2-9,11H2,1H3;5-6H,1-4H2;1,6H,2-5H2;1-2H;1-2H,(H2,7,8,9,10);2-3H,7H2,1H3. The number of aldehydes is 1. The number of esters is 1. The number of nitrogen functional groups attached to an aromatic ring is 1. The zero-order valence-corrected chi connectivity index (χ0v) is 56.5. The van der Waals surface area contributed by atoms with E-state index >= 15 is 0 Å². The van der Waals surface area contributed by atoms with Crippen molar-refractivity contribution in [2.75, 3.05) is 140 Å². The summed E-state index contributed by atoms with van der Waals surface area (Å²) in [5, 5.41) is 8.90. The first-order valence-electron chi connectivity index (χ1n) is 27.5. The molecule has 0 saturated carbocycles. The summed E-state index contributed by atoms with van der Waals surface area (Å²) in [7, 11) is 3.52. The van der Waals surface area contributed by atoms with Gasteiger partial charge in [0.15, 0.2) is 28.9 Å². The van der Waals surface area contributed by atoms with Crippen LogP contribution < -0.4 is 31.7 Å². The molecule has 4 saturated heterocycles. The maximum absolute atomic E-state index is 11.0. The average molecular weight is 1440 g/mol. The van der Waals surface area contributed by atoms with Crippen LogP contribution in [0.5, 0.6) is 0 Å². The number of ether oxygens (including phenoxy) is 4. The number of halogens is 5. The highest BCUT2D eigenvalue weighted by Crippen LogP contribution is 2.36.